The van der Waals surface area contributed by atoms with Gasteiger partial charge in [0.25, 0.3) is 0 Å². The van der Waals surface area contributed by atoms with Crippen LogP contribution in [0, 0.1) is 0 Å². The number of rotatable bonds is 9. The van der Waals surface area contributed by atoms with Gasteiger partial charge in [-0.05, 0) is 20.5 Å². The van der Waals surface area contributed by atoms with Gasteiger partial charge in [0.05, 0.1) is 6.42 Å². The molecular formula is C12H23N3O5. The molecule has 1 unspecified atom stereocenters. The van der Waals surface area contributed by atoms with Crippen LogP contribution in [-0.4, -0.2) is 77.8 Å². The minimum Gasteiger partial charge on any atom is -0.481 e. The summed E-state index contributed by atoms with van der Waals surface area (Å²) < 4.78 is 0. The van der Waals surface area contributed by atoms with Gasteiger partial charge in [0.1, 0.15) is 6.04 Å². The first-order valence-corrected chi connectivity index (χ1v) is 6.42. The Labute approximate surface area is 118 Å². The van der Waals surface area contributed by atoms with Crippen molar-refractivity contribution in [3.63, 3.8) is 0 Å². The van der Waals surface area contributed by atoms with E-state index in [2.05, 4.69) is 5.32 Å². The maximum atomic E-state index is 12.0. The highest BCUT2D eigenvalue weighted by Gasteiger charge is 2.25. The number of likely N-dealkylation sites (N-methyl/N-ethyl adjacent to an activating group) is 1. The van der Waals surface area contributed by atoms with Gasteiger partial charge in [-0.3, -0.25) is 4.79 Å². The zero-order chi connectivity index (χ0) is 15.7. The number of carbonyl (C=O) groups excluding carboxylic acids is 1. The molecule has 20 heavy (non-hydrogen) atoms. The molecule has 0 aromatic rings. The predicted octanol–water partition coefficient (Wildman–Crippen LogP) is -0.102. The number of aliphatic carboxylic acids is 2. The van der Waals surface area contributed by atoms with Crippen molar-refractivity contribution in [2.24, 2.45) is 0 Å². The number of carboxylic acid groups (broad SMARTS) is 2. The molecule has 2 amide bonds. The monoisotopic (exact) mass is 289 g/mol. The third-order valence-corrected chi connectivity index (χ3v) is 2.57. The number of urea groups is 1. The largest absolute Gasteiger partial charge is 0.481 e. The Balaban J connectivity index is 4.61. The molecule has 0 aromatic heterocycles. The van der Waals surface area contributed by atoms with E-state index in [1.165, 1.54) is 4.90 Å². The summed E-state index contributed by atoms with van der Waals surface area (Å²) in [5.41, 5.74) is 0. The number of hydrogen-bond donors (Lipinski definition) is 3. The summed E-state index contributed by atoms with van der Waals surface area (Å²) in [5, 5.41) is 19.8. The molecule has 0 aliphatic carbocycles. The molecule has 8 nitrogen and oxygen atoms in total. The Morgan fingerprint density at radius 3 is 2.10 bits per heavy atom. The Bertz CT molecular complexity index is 346. The summed E-state index contributed by atoms with van der Waals surface area (Å²) in [6, 6.07) is -1.97. The van der Waals surface area contributed by atoms with Crippen LogP contribution in [0.25, 0.3) is 0 Å². The molecule has 0 spiro atoms. The van der Waals surface area contributed by atoms with Crippen molar-refractivity contribution in [3.05, 3.63) is 0 Å². The molecule has 0 aromatic carbocycles. The molecule has 0 saturated heterocycles. The van der Waals surface area contributed by atoms with Gasteiger partial charge in [-0.25, -0.2) is 9.59 Å². The lowest BCUT2D eigenvalue weighted by Gasteiger charge is -2.25. The second kappa shape index (κ2) is 9.13. The van der Waals surface area contributed by atoms with Crippen molar-refractivity contribution in [1.82, 2.24) is 15.1 Å². The van der Waals surface area contributed by atoms with E-state index >= 15 is 0 Å². The van der Waals surface area contributed by atoms with Gasteiger partial charge in [-0.1, -0.05) is 6.92 Å². The summed E-state index contributed by atoms with van der Waals surface area (Å²) in [5.74, 6) is -2.63. The van der Waals surface area contributed by atoms with Crippen LogP contribution >= 0.6 is 0 Å². The van der Waals surface area contributed by atoms with Crippen LogP contribution < -0.4 is 5.32 Å². The zero-order valence-corrected chi connectivity index (χ0v) is 12.1. The first kappa shape index (κ1) is 18.2. The number of carboxylic acids is 2. The molecule has 0 radical (unpaired) electrons. The fraction of sp³-hybridized carbons (Fsp3) is 0.750. The summed E-state index contributed by atoms with van der Waals surface area (Å²) in [6.07, 6.45) is 0.0895. The van der Waals surface area contributed by atoms with Crippen LogP contribution in [0.15, 0.2) is 0 Å². The summed E-state index contributed by atoms with van der Waals surface area (Å²) in [4.78, 5) is 36.9. The first-order valence-electron chi connectivity index (χ1n) is 6.42. The second-order valence-corrected chi connectivity index (χ2v) is 4.73. The minimum absolute atomic E-state index is 0.450. The van der Waals surface area contributed by atoms with Crippen molar-refractivity contribution >= 4 is 18.0 Å². The lowest BCUT2D eigenvalue weighted by atomic mass is 10.2. The molecule has 0 saturated carbocycles. The van der Waals surface area contributed by atoms with Gasteiger partial charge in [-0.15, -0.1) is 0 Å². The van der Waals surface area contributed by atoms with Gasteiger partial charge in [0.2, 0.25) is 0 Å². The average molecular weight is 289 g/mol. The van der Waals surface area contributed by atoms with E-state index < -0.39 is 30.4 Å². The van der Waals surface area contributed by atoms with Crippen LogP contribution in [0.2, 0.25) is 0 Å². The summed E-state index contributed by atoms with van der Waals surface area (Å²) >= 11 is 0. The number of amides is 2. The summed E-state index contributed by atoms with van der Waals surface area (Å²) in [7, 11) is 3.74. The van der Waals surface area contributed by atoms with Crippen molar-refractivity contribution in [1.29, 1.82) is 0 Å². The highest BCUT2D eigenvalue weighted by molar-refractivity contribution is 5.86. The zero-order valence-electron chi connectivity index (χ0n) is 12.1. The van der Waals surface area contributed by atoms with E-state index in [0.717, 1.165) is 6.42 Å². The quantitative estimate of drug-likeness (QED) is 0.546. The topological polar surface area (TPSA) is 110 Å². The smallest absolute Gasteiger partial charge is 0.326 e. The molecule has 8 heteroatoms. The summed E-state index contributed by atoms with van der Waals surface area (Å²) in [6.45, 7) is 3.48. The molecule has 0 aliphatic rings. The van der Waals surface area contributed by atoms with Gasteiger partial charge in [-0.2, -0.15) is 0 Å². The predicted molar refractivity (Wildman–Crippen MR) is 72.6 cm³/mol. The van der Waals surface area contributed by atoms with Crippen LogP contribution in [0.4, 0.5) is 4.79 Å². The molecular weight excluding hydrogens is 266 g/mol. The van der Waals surface area contributed by atoms with E-state index in [-0.39, 0.29) is 0 Å². The first-order chi connectivity index (χ1) is 9.27. The average Bonchev–Trinajstić information content (AvgIpc) is 2.32. The lowest BCUT2D eigenvalue weighted by molar-refractivity contribution is -0.145. The molecule has 1 atom stereocenters. The van der Waals surface area contributed by atoms with E-state index in [1.807, 2.05) is 25.9 Å². The van der Waals surface area contributed by atoms with Crippen LogP contribution in [0.1, 0.15) is 19.8 Å². The standard InChI is InChI=1S/C12H23N3O5/c1-4-5-15(7-6-14(2)3)12(20)13-9(11(18)19)8-10(16)17/h9H,4-8H2,1-3H3,(H,13,20)(H,16,17)(H,18,19). The third kappa shape index (κ3) is 7.57. The Hall–Kier alpha value is -1.83. The number of hydrogen-bond acceptors (Lipinski definition) is 4. The number of nitrogens with one attached hydrogen (secondary N) is 1. The van der Waals surface area contributed by atoms with Gasteiger partial charge >= 0.3 is 18.0 Å². The molecule has 0 fully saturated rings. The van der Waals surface area contributed by atoms with E-state index in [0.29, 0.717) is 19.6 Å². The van der Waals surface area contributed by atoms with Crippen LogP contribution in [0.3, 0.4) is 0 Å². The van der Waals surface area contributed by atoms with Crippen molar-refractivity contribution in [3.8, 4) is 0 Å². The Morgan fingerprint density at radius 2 is 1.70 bits per heavy atom. The van der Waals surface area contributed by atoms with Crippen LogP contribution in [0.5, 0.6) is 0 Å². The lowest BCUT2D eigenvalue weighted by Crippen LogP contribution is -2.50. The van der Waals surface area contributed by atoms with Crippen molar-refractivity contribution < 1.29 is 24.6 Å². The fourth-order valence-electron chi connectivity index (χ4n) is 1.52. The molecule has 116 valence electrons. The molecule has 3 N–H and O–H groups in total. The van der Waals surface area contributed by atoms with E-state index in [4.69, 9.17) is 10.2 Å². The molecule has 0 rings (SSSR count). The normalized spacial score (nSPS) is 12.0. The molecule has 0 aliphatic heterocycles. The highest BCUT2D eigenvalue weighted by atomic mass is 16.4. The van der Waals surface area contributed by atoms with Gasteiger partial charge in [0.15, 0.2) is 0 Å². The molecule has 0 bridgehead atoms. The number of carbonyl (C=O) groups is 3. The van der Waals surface area contributed by atoms with Crippen LogP contribution in [-0.2, 0) is 9.59 Å². The Morgan fingerprint density at radius 1 is 1.10 bits per heavy atom. The van der Waals surface area contributed by atoms with E-state index in [9.17, 15) is 14.4 Å². The highest BCUT2D eigenvalue weighted by Crippen LogP contribution is 1.98. The third-order valence-electron chi connectivity index (χ3n) is 2.57. The fourth-order valence-corrected chi connectivity index (χ4v) is 1.52. The van der Waals surface area contributed by atoms with Crippen molar-refractivity contribution in [2.45, 2.75) is 25.8 Å². The van der Waals surface area contributed by atoms with Gasteiger partial charge in [0, 0.05) is 19.6 Å². The van der Waals surface area contributed by atoms with E-state index in [1.54, 1.807) is 0 Å². The SMILES string of the molecule is CCCN(CCN(C)C)C(=O)NC(CC(=O)O)C(=O)O. The van der Waals surface area contributed by atoms with Crippen molar-refractivity contribution in [2.75, 3.05) is 33.7 Å². The second-order valence-electron chi connectivity index (χ2n) is 4.73. The Kier molecular flexibility index (Phi) is 8.30. The number of nitrogens with zero attached hydrogens (tertiary/aromatic N) is 2. The van der Waals surface area contributed by atoms with Gasteiger partial charge < -0.3 is 25.3 Å². The minimum atomic E-state index is -1.42. The maximum absolute atomic E-state index is 12.0. The molecule has 0 heterocycles. The maximum Gasteiger partial charge on any atom is 0.326 e.